The van der Waals surface area contributed by atoms with Crippen LogP contribution < -0.4 is 4.90 Å². The molecule has 0 atom stereocenters. The van der Waals surface area contributed by atoms with E-state index < -0.39 is 5.97 Å². The van der Waals surface area contributed by atoms with E-state index in [0.29, 0.717) is 6.54 Å². The maximum Gasteiger partial charge on any atom is 0.323 e. The Bertz CT molecular complexity index is 540. The van der Waals surface area contributed by atoms with E-state index in [1.54, 1.807) is 17.0 Å². The number of benzene rings is 2. The van der Waals surface area contributed by atoms with Crippen molar-refractivity contribution in [2.75, 3.05) is 11.4 Å². The van der Waals surface area contributed by atoms with Crippen molar-refractivity contribution in [2.45, 2.75) is 6.54 Å². The first-order valence-corrected chi connectivity index (χ1v) is 5.91. The van der Waals surface area contributed by atoms with Gasteiger partial charge >= 0.3 is 5.97 Å². The van der Waals surface area contributed by atoms with Gasteiger partial charge in [-0.1, -0.05) is 30.3 Å². The number of aliphatic carboxylic acids is 1. The minimum atomic E-state index is -0.897. The zero-order valence-corrected chi connectivity index (χ0v) is 10.3. The Kier molecular flexibility index (Phi) is 4.13. The molecular weight excluding hydrogens is 245 g/mol. The van der Waals surface area contributed by atoms with Crippen LogP contribution in [0.1, 0.15) is 5.56 Å². The first-order chi connectivity index (χ1) is 9.15. The topological polar surface area (TPSA) is 40.5 Å². The van der Waals surface area contributed by atoms with Crippen LogP contribution in [-0.2, 0) is 11.3 Å². The van der Waals surface area contributed by atoms with Gasteiger partial charge in [-0.3, -0.25) is 4.79 Å². The molecule has 0 radical (unpaired) electrons. The first-order valence-electron chi connectivity index (χ1n) is 5.91. The van der Waals surface area contributed by atoms with Crippen LogP contribution in [0.3, 0.4) is 0 Å². The Morgan fingerprint density at radius 3 is 2.26 bits per heavy atom. The number of halogens is 1. The number of nitrogens with zero attached hydrogens (tertiary/aromatic N) is 1. The summed E-state index contributed by atoms with van der Waals surface area (Å²) in [6, 6.07) is 15.4. The summed E-state index contributed by atoms with van der Waals surface area (Å²) < 4.78 is 12.8. The predicted octanol–water partition coefficient (Wildman–Crippen LogP) is 2.92. The average molecular weight is 259 g/mol. The van der Waals surface area contributed by atoms with Gasteiger partial charge in [0.25, 0.3) is 0 Å². The Hall–Kier alpha value is -2.36. The van der Waals surface area contributed by atoms with E-state index in [1.165, 1.54) is 12.1 Å². The molecule has 0 aliphatic rings. The zero-order valence-electron chi connectivity index (χ0n) is 10.3. The summed E-state index contributed by atoms with van der Waals surface area (Å²) in [5.74, 6) is -1.20. The van der Waals surface area contributed by atoms with E-state index in [-0.39, 0.29) is 12.4 Å². The van der Waals surface area contributed by atoms with Crippen molar-refractivity contribution in [3.63, 3.8) is 0 Å². The van der Waals surface area contributed by atoms with Crippen LogP contribution in [0.5, 0.6) is 0 Å². The second kappa shape index (κ2) is 6.00. The Labute approximate surface area is 110 Å². The van der Waals surface area contributed by atoms with Crippen LogP contribution in [0.4, 0.5) is 10.1 Å². The van der Waals surface area contributed by atoms with Gasteiger partial charge in [-0.05, 0) is 29.8 Å². The number of carboxylic acid groups (broad SMARTS) is 1. The lowest BCUT2D eigenvalue weighted by Crippen LogP contribution is -2.29. The fraction of sp³-hybridized carbons (Fsp3) is 0.133. The zero-order chi connectivity index (χ0) is 13.7. The number of carboxylic acids is 1. The first kappa shape index (κ1) is 13.1. The molecule has 0 amide bonds. The molecule has 0 saturated carbocycles. The van der Waals surface area contributed by atoms with Gasteiger partial charge in [0, 0.05) is 12.2 Å². The highest BCUT2D eigenvalue weighted by Crippen LogP contribution is 2.16. The average Bonchev–Trinajstić information content (AvgIpc) is 2.41. The lowest BCUT2D eigenvalue weighted by atomic mass is 10.2. The largest absolute Gasteiger partial charge is 0.480 e. The smallest absolute Gasteiger partial charge is 0.323 e. The number of anilines is 1. The van der Waals surface area contributed by atoms with Gasteiger partial charge in [0.05, 0.1) is 0 Å². The molecule has 4 heteroatoms. The van der Waals surface area contributed by atoms with Crippen LogP contribution in [0, 0.1) is 5.82 Å². The molecule has 98 valence electrons. The van der Waals surface area contributed by atoms with Crippen LogP contribution >= 0.6 is 0 Å². The number of hydrogen-bond donors (Lipinski definition) is 1. The number of hydrogen-bond acceptors (Lipinski definition) is 2. The third-order valence-corrected chi connectivity index (χ3v) is 2.73. The van der Waals surface area contributed by atoms with E-state index in [0.717, 1.165) is 11.3 Å². The molecule has 0 spiro atoms. The van der Waals surface area contributed by atoms with E-state index in [2.05, 4.69) is 0 Å². The molecular formula is C15H14FNO2. The normalized spacial score (nSPS) is 10.2. The number of para-hydroxylation sites is 1. The van der Waals surface area contributed by atoms with Crippen molar-refractivity contribution in [1.82, 2.24) is 0 Å². The molecule has 0 aliphatic carbocycles. The van der Waals surface area contributed by atoms with Crippen molar-refractivity contribution in [3.05, 3.63) is 66.0 Å². The quantitative estimate of drug-likeness (QED) is 0.897. The summed E-state index contributed by atoms with van der Waals surface area (Å²) in [6.45, 7) is 0.331. The summed E-state index contributed by atoms with van der Waals surface area (Å²) in [5, 5.41) is 8.97. The third kappa shape index (κ3) is 3.81. The monoisotopic (exact) mass is 259 g/mol. The predicted molar refractivity (Wildman–Crippen MR) is 71.5 cm³/mol. The lowest BCUT2D eigenvalue weighted by molar-refractivity contribution is -0.135. The summed E-state index contributed by atoms with van der Waals surface area (Å²) in [7, 11) is 0. The van der Waals surface area contributed by atoms with Crippen molar-refractivity contribution in [3.8, 4) is 0 Å². The van der Waals surface area contributed by atoms with Gasteiger partial charge in [0.15, 0.2) is 0 Å². The minimum absolute atomic E-state index is 0.0958. The second-order valence-electron chi connectivity index (χ2n) is 4.21. The molecule has 2 aromatic rings. The van der Waals surface area contributed by atoms with Crippen LogP contribution in [0.25, 0.3) is 0 Å². The van der Waals surface area contributed by atoms with Gasteiger partial charge in [-0.25, -0.2) is 4.39 Å². The van der Waals surface area contributed by atoms with Gasteiger partial charge < -0.3 is 10.0 Å². The van der Waals surface area contributed by atoms with Gasteiger partial charge in [-0.2, -0.15) is 0 Å². The SMILES string of the molecule is O=C(O)CN(Cc1ccc(F)cc1)c1ccccc1. The fourth-order valence-corrected chi connectivity index (χ4v) is 1.85. The summed E-state index contributed by atoms with van der Waals surface area (Å²) in [4.78, 5) is 12.7. The van der Waals surface area contributed by atoms with Crippen molar-refractivity contribution >= 4 is 11.7 Å². The van der Waals surface area contributed by atoms with Gasteiger partial charge in [0.1, 0.15) is 12.4 Å². The Balaban J connectivity index is 2.19. The maximum atomic E-state index is 12.8. The summed E-state index contributed by atoms with van der Waals surface area (Å²) in [6.07, 6.45) is 0. The van der Waals surface area contributed by atoms with E-state index in [9.17, 15) is 9.18 Å². The van der Waals surface area contributed by atoms with E-state index in [1.807, 2.05) is 30.3 Å². The summed E-state index contributed by atoms with van der Waals surface area (Å²) >= 11 is 0. The highest BCUT2D eigenvalue weighted by Gasteiger charge is 2.11. The van der Waals surface area contributed by atoms with Crippen LogP contribution in [0.15, 0.2) is 54.6 Å². The van der Waals surface area contributed by atoms with Crippen molar-refractivity contribution < 1.29 is 14.3 Å². The summed E-state index contributed by atoms with van der Waals surface area (Å²) in [5.41, 5.74) is 1.70. The maximum absolute atomic E-state index is 12.8. The Morgan fingerprint density at radius 1 is 1.05 bits per heavy atom. The molecule has 0 bridgehead atoms. The molecule has 0 fully saturated rings. The minimum Gasteiger partial charge on any atom is -0.480 e. The molecule has 2 rings (SSSR count). The standard InChI is InChI=1S/C15H14FNO2/c16-13-8-6-12(7-9-13)10-17(11-15(18)19)14-4-2-1-3-5-14/h1-9H,10-11H2,(H,18,19). The number of carbonyl (C=O) groups is 1. The highest BCUT2D eigenvalue weighted by atomic mass is 19.1. The molecule has 0 heterocycles. The molecule has 0 unspecified atom stereocenters. The molecule has 3 nitrogen and oxygen atoms in total. The second-order valence-corrected chi connectivity index (χ2v) is 4.21. The van der Waals surface area contributed by atoms with Gasteiger partial charge in [-0.15, -0.1) is 0 Å². The molecule has 0 aliphatic heterocycles. The van der Waals surface area contributed by atoms with Crippen molar-refractivity contribution in [1.29, 1.82) is 0 Å². The Morgan fingerprint density at radius 2 is 1.68 bits per heavy atom. The number of rotatable bonds is 5. The van der Waals surface area contributed by atoms with Crippen LogP contribution in [0.2, 0.25) is 0 Å². The van der Waals surface area contributed by atoms with E-state index in [4.69, 9.17) is 5.11 Å². The molecule has 0 saturated heterocycles. The molecule has 2 aromatic carbocycles. The van der Waals surface area contributed by atoms with Gasteiger partial charge in [0.2, 0.25) is 0 Å². The third-order valence-electron chi connectivity index (χ3n) is 2.73. The van der Waals surface area contributed by atoms with E-state index >= 15 is 0 Å². The lowest BCUT2D eigenvalue weighted by Gasteiger charge is -2.23. The highest BCUT2D eigenvalue weighted by molar-refractivity contribution is 5.73. The molecule has 19 heavy (non-hydrogen) atoms. The fourth-order valence-electron chi connectivity index (χ4n) is 1.85. The molecule has 1 N–H and O–H groups in total. The van der Waals surface area contributed by atoms with Crippen molar-refractivity contribution in [2.24, 2.45) is 0 Å². The molecule has 0 aromatic heterocycles. The van der Waals surface area contributed by atoms with Crippen LogP contribution in [-0.4, -0.2) is 17.6 Å².